The molecule has 0 heterocycles. The average molecular weight is 462 g/mol. The Morgan fingerprint density at radius 3 is 1.88 bits per heavy atom. The predicted molar refractivity (Wildman–Crippen MR) is 138 cm³/mol. The van der Waals surface area contributed by atoms with Crippen molar-refractivity contribution in [3.05, 3.63) is 95.1 Å². The van der Waals surface area contributed by atoms with Gasteiger partial charge in [-0.1, -0.05) is 55.5 Å². The summed E-state index contributed by atoms with van der Waals surface area (Å²) in [5, 5.41) is 29.7. The first-order chi connectivity index (χ1) is 16.2. The lowest BCUT2D eigenvalue weighted by atomic mass is 9.87. The molecular weight excluding hydrogens is 426 g/mol. The third-order valence-electron chi connectivity index (χ3n) is 5.92. The van der Waals surface area contributed by atoms with Crippen LogP contribution in [0.4, 0.5) is 0 Å². The van der Waals surface area contributed by atoms with Crippen LogP contribution in [0.25, 0.3) is 11.1 Å². The van der Waals surface area contributed by atoms with Crippen LogP contribution in [0.5, 0.6) is 11.5 Å². The average Bonchev–Trinajstić information content (AvgIpc) is 2.84. The molecule has 0 fully saturated rings. The maximum Gasteiger partial charge on any atom is 0.119 e. The number of ether oxygens (including phenoxy) is 1. The SMILES string of the molecule is CC/C(=C(/c1ccc(O)cc1)c1ccc(OCCN(C)C)cc1)c1ccc(C(C)(O)CO)cc1. The molecule has 3 aromatic carbocycles. The molecule has 0 radical (unpaired) electrons. The fourth-order valence-corrected chi connectivity index (χ4v) is 3.85. The van der Waals surface area contributed by atoms with Crippen molar-refractivity contribution >= 4 is 11.1 Å². The van der Waals surface area contributed by atoms with E-state index in [0.717, 1.165) is 46.6 Å². The van der Waals surface area contributed by atoms with Crippen molar-refractivity contribution in [3.8, 4) is 11.5 Å². The van der Waals surface area contributed by atoms with Crippen molar-refractivity contribution in [3.63, 3.8) is 0 Å². The second-order valence-corrected chi connectivity index (χ2v) is 8.94. The first-order valence-electron chi connectivity index (χ1n) is 11.6. The molecule has 3 N–H and O–H groups in total. The minimum atomic E-state index is -1.28. The lowest BCUT2D eigenvalue weighted by molar-refractivity contribution is -0.00228. The first kappa shape index (κ1) is 25.5. The van der Waals surface area contributed by atoms with Gasteiger partial charge in [0, 0.05) is 6.54 Å². The maximum atomic E-state index is 10.4. The highest BCUT2D eigenvalue weighted by atomic mass is 16.5. The largest absolute Gasteiger partial charge is 0.508 e. The highest BCUT2D eigenvalue weighted by Crippen LogP contribution is 2.36. The van der Waals surface area contributed by atoms with Gasteiger partial charge in [-0.15, -0.1) is 0 Å². The van der Waals surface area contributed by atoms with Gasteiger partial charge in [0.1, 0.15) is 23.7 Å². The van der Waals surface area contributed by atoms with E-state index in [1.807, 2.05) is 62.6 Å². The van der Waals surface area contributed by atoms with Crippen LogP contribution in [0.15, 0.2) is 72.8 Å². The molecule has 0 aliphatic rings. The smallest absolute Gasteiger partial charge is 0.119 e. The number of rotatable bonds is 10. The van der Waals surface area contributed by atoms with Gasteiger partial charge >= 0.3 is 0 Å². The van der Waals surface area contributed by atoms with Gasteiger partial charge in [-0.05, 0) is 85.1 Å². The fraction of sp³-hybridized carbons (Fsp3) is 0.310. The summed E-state index contributed by atoms with van der Waals surface area (Å²) in [5.41, 5.74) is 4.69. The Labute approximate surface area is 202 Å². The van der Waals surface area contributed by atoms with Crippen LogP contribution >= 0.6 is 0 Å². The van der Waals surface area contributed by atoms with Crippen molar-refractivity contribution < 1.29 is 20.1 Å². The molecule has 1 atom stereocenters. The Morgan fingerprint density at radius 2 is 1.38 bits per heavy atom. The molecule has 0 spiro atoms. The Morgan fingerprint density at radius 1 is 0.853 bits per heavy atom. The molecular formula is C29H35NO4. The maximum absolute atomic E-state index is 10.4. The summed E-state index contributed by atoms with van der Waals surface area (Å²) in [6.07, 6.45) is 0.785. The quantitative estimate of drug-likeness (QED) is 0.375. The number of allylic oxidation sites excluding steroid dienone is 1. The lowest BCUT2D eigenvalue weighted by Crippen LogP contribution is -2.25. The number of aliphatic hydroxyl groups excluding tert-OH is 1. The molecule has 0 bridgehead atoms. The summed E-state index contributed by atoms with van der Waals surface area (Å²) in [4.78, 5) is 2.08. The van der Waals surface area contributed by atoms with Gasteiger partial charge in [-0.25, -0.2) is 0 Å². The second-order valence-electron chi connectivity index (χ2n) is 8.94. The zero-order valence-electron chi connectivity index (χ0n) is 20.5. The summed E-state index contributed by atoms with van der Waals surface area (Å²) >= 11 is 0. The molecule has 5 heteroatoms. The molecule has 0 aliphatic carbocycles. The Kier molecular flexibility index (Phi) is 8.51. The van der Waals surface area contributed by atoms with Gasteiger partial charge in [-0.3, -0.25) is 0 Å². The lowest BCUT2D eigenvalue weighted by Gasteiger charge is -2.22. The van der Waals surface area contributed by atoms with E-state index in [0.29, 0.717) is 12.2 Å². The Balaban J connectivity index is 2.05. The van der Waals surface area contributed by atoms with Gasteiger partial charge in [0.2, 0.25) is 0 Å². The third kappa shape index (κ3) is 6.26. The van der Waals surface area contributed by atoms with Crippen LogP contribution in [0.3, 0.4) is 0 Å². The van der Waals surface area contributed by atoms with E-state index < -0.39 is 5.60 Å². The molecule has 1 unspecified atom stereocenters. The number of phenols is 1. The van der Waals surface area contributed by atoms with Crippen molar-refractivity contribution in [2.75, 3.05) is 33.9 Å². The molecule has 5 nitrogen and oxygen atoms in total. The molecule has 34 heavy (non-hydrogen) atoms. The van der Waals surface area contributed by atoms with Crippen LogP contribution in [-0.4, -0.2) is 54.1 Å². The second kappa shape index (κ2) is 11.3. The molecule has 0 aliphatic heterocycles. The highest BCUT2D eigenvalue weighted by molar-refractivity contribution is 5.98. The van der Waals surface area contributed by atoms with E-state index in [9.17, 15) is 15.3 Å². The van der Waals surface area contributed by atoms with Crippen molar-refractivity contribution in [2.45, 2.75) is 25.9 Å². The number of hydrogen-bond acceptors (Lipinski definition) is 5. The number of aliphatic hydroxyl groups is 2. The summed E-state index contributed by atoms with van der Waals surface area (Å²) in [5.74, 6) is 1.05. The van der Waals surface area contributed by atoms with Crippen molar-refractivity contribution in [1.29, 1.82) is 0 Å². The summed E-state index contributed by atoms with van der Waals surface area (Å²) in [6.45, 7) is 4.84. The minimum absolute atomic E-state index is 0.223. The number of phenolic OH excluding ortho intramolecular Hbond substituents is 1. The topological polar surface area (TPSA) is 73.2 Å². The van der Waals surface area contributed by atoms with Crippen LogP contribution in [0.1, 0.15) is 42.5 Å². The van der Waals surface area contributed by atoms with Crippen LogP contribution in [-0.2, 0) is 5.60 Å². The van der Waals surface area contributed by atoms with Crippen LogP contribution in [0, 0.1) is 0 Å². The normalized spacial score (nSPS) is 14.0. The predicted octanol–water partition coefficient (Wildman–Crippen LogP) is 4.90. The van der Waals surface area contributed by atoms with Crippen LogP contribution in [0.2, 0.25) is 0 Å². The van der Waals surface area contributed by atoms with Gasteiger partial charge < -0.3 is 25.0 Å². The van der Waals surface area contributed by atoms with E-state index in [2.05, 4.69) is 24.0 Å². The zero-order valence-corrected chi connectivity index (χ0v) is 20.5. The van der Waals surface area contributed by atoms with Gasteiger partial charge in [0.05, 0.1) is 6.61 Å². The number of benzene rings is 3. The fourth-order valence-electron chi connectivity index (χ4n) is 3.85. The summed E-state index contributed by atoms with van der Waals surface area (Å²) < 4.78 is 5.87. The summed E-state index contributed by atoms with van der Waals surface area (Å²) in [7, 11) is 4.04. The minimum Gasteiger partial charge on any atom is -0.508 e. The number of likely N-dealkylation sites (N-methyl/N-ethyl adjacent to an activating group) is 1. The number of hydrogen-bond donors (Lipinski definition) is 3. The van der Waals surface area contributed by atoms with E-state index in [-0.39, 0.29) is 12.4 Å². The molecule has 0 saturated carbocycles. The van der Waals surface area contributed by atoms with Gasteiger partial charge in [0.15, 0.2) is 0 Å². The van der Waals surface area contributed by atoms with E-state index in [4.69, 9.17) is 4.74 Å². The molecule has 0 saturated heterocycles. The standard InChI is InChI=1S/C29H35NO4/c1-5-27(21-6-12-24(13-7-21)29(2,33)20-31)28(22-8-14-25(32)15-9-22)23-10-16-26(17-11-23)34-19-18-30(3)4/h6-17,31-33H,5,18-20H2,1-4H3/b28-27+. The van der Waals surface area contributed by atoms with E-state index >= 15 is 0 Å². The Hall–Kier alpha value is -3.12. The third-order valence-corrected chi connectivity index (χ3v) is 5.92. The first-order valence-corrected chi connectivity index (χ1v) is 11.6. The van der Waals surface area contributed by atoms with Gasteiger partial charge in [0.25, 0.3) is 0 Å². The molecule has 180 valence electrons. The van der Waals surface area contributed by atoms with E-state index in [1.54, 1.807) is 19.1 Å². The van der Waals surface area contributed by atoms with E-state index in [1.165, 1.54) is 0 Å². The number of aromatic hydroxyl groups is 1. The molecule has 0 aromatic heterocycles. The summed E-state index contributed by atoms with van der Waals surface area (Å²) in [6, 6.07) is 23.0. The van der Waals surface area contributed by atoms with Gasteiger partial charge in [-0.2, -0.15) is 0 Å². The molecule has 3 aromatic rings. The molecule has 3 rings (SSSR count). The van der Waals surface area contributed by atoms with Crippen molar-refractivity contribution in [2.24, 2.45) is 0 Å². The highest BCUT2D eigenvalue weighted by Gasteiger charge is 2.22. The Bertz CT molecular complexity index is 1080. The van der Waals surface area contributed by atoms with Crippen LogP contribution < -0.4 is 4.74 Å². The van der Waals surface area contributed by atoms with Crippen molar-refractivity contribution in [1.82, 2.24) is 4.90 Å². The zero-order chi connectivity index (χ0) is 24.7. The molecule has 0 amide bonds. The number of nitrogens with zero attached hydrogens (tertiary/aromatic N) is 1. The monoisotopic (exact) mass is 461 g/mol.